The van der Waals surface area contributed by atoms with Crippen molar-refractivity contribution in [2.75, 3.05) is 26.5 Å². The van der Waals surface area contributed by atoms with E-state index < -0.39 is 15.9 Å². The van der Waals surface area contributed by atoms with Gasteiger partial charge in [0.05, 0.1) is 13.7 Å². The second-order valence-electron chi connectivity index (χ2n) is 7.33. The highest BCUT2D eigenvalue weighted by molar-refractivity contribution is 7.94. The molecule has 6 nitrogen and oxygen atoms in total. The average molecular weight is 386 g/mol. The molecule has 1 spiro atoms. The third kappa shape index (κ3) is 3.16. The molecular formula is C20H22N2O4S. The summed E-state index contributed by atoms with van der Waals surface area (Å²) in [6.45, 7) is 1.14. The van der Waals surface area contributed by atoms with Crippen molar-refractivity contribution in [1.82, 2.24) is 9.21 Å². The van der Waals surface area contributed by atoms with Crippen molar-refractivity contribution in [2.24, 2.45) is 0 Å². The number of likely N-dealkylation sites (tertiary alicyclic amines) is 1. The first kappa shape index (κ1) is 18.2. The second kappa shape index (κ2) is 6.44. The molecule has 1 amide bonds. The summed E-state index contributed by atoms with van der Waals surface area (Å²) in [4.78, 5) is 14.5. The molecule has 2 heterocycles. The van der Waals surface area contributed by atoms with Crippen LogP contribution >= 0.6 is 0 Å². The molecule has 7 heteroatoms. The number of methoxy groups -OCH3 is 1. The Morgan fingerprint density at radius 1 is 1.15 bits per heavy atom. The molecule has 142 valence electrons. The lowest BCUT2D eigenvalue weighted by molar-refractivity contribution is -0.0141. The summed E-state index contributed by atoms with van der Waals surface area (Å²) in [6.07, 6.45) is 1.87. The monoisotopic (exact) mass is 386 g/mol. The van der Waals surface area contributed by atoms with Crippen LogP contribution in [0.4, 0.5) is 0 Å². The molecule has 1 fully saturated rings. The van der Waals surface area contributed by atoms with E-state index >= 15 is 0 Å². The molecule has 1 atom stereocenters. The molecule has 2 aromatic rings. The molecule has 0 N–H and O–H groups in total. The molecule has 27 heavy (non-hydrogen) atoms. The quantitative estimate of drug-likeness (QED) is 0.758. The van der Waals surface area contributed by atoms with E-state index in [4.69, 9.17) is 4.74 Å². The number of benzene rings is 2. The molecule has 4 rings (SSSR count). The topological polar surface area (TPSA) is 72.9 Å². The van der Waals surface area contributed by atoms with Crippen LogP contribution in [0.1, 0.15) is 21.5 Å². The Morgan fingerprint density at radius 2 is 1.85 bits per heavy atom. The summed E-state index contributed by atoms with van der Waals surface area (Å²) in [5, 5.41) is 0. The van der Waals surface area contributed by atoms with E-state index in [2.05, 4.69) is 0 Å². The van der Waals surface area contributed by atoms with Crippen LogP contribution in [0.3, 0.4) is 0 Å². The molecule has 0 radical (unpaired) electrons. The minimum atomic E-state index is -3.39. The second-order valence-corrected chi connectivity index (χ2v) is 9.24. The number of sulfonamides is 1. The number of hydrogen-bond donors (Lipinski definition) is 0. The van der Waals surface area contributed by atoms with E-state index in [9.17, 15) is 13.6 Å². The molecule has 1 unspecified atom stereocenters. The Kier molecular flexibility index (Phi) is 4.33. The van der Waals surface area contributed by atoms with Crippen molar-refractivity contribution in [3.05, 3.63) is 65.2 Å². The Labute approximate surface area is 160 Å². The van der Waals surface area contributed by atoms with Crippen molar-refractivity contribution in [3.63, 3.8) is 0 Å². The molecule has 0 bridgehead atoms. The highest BCUT2D eigenvalue weighted by atomic mass is 32.3. The summed E-state index contributed by atoms with van der Waals surface area (Å²) in [6, 6.07) is 14.9. The minimum absolute atomic E-state index is 0.105. The number of hydrogen-bond acceptors (Lipinski definition) is 4. The van der Waals surface area contributed by atoms with E-state index in [0.29, 0.717) is 37.4 Å². The van der Waals surface area contributed by atoms with Crippen molar-refractivity contribution in [3.8, 4) is 5.75 Å². The van der Waals surface area contributed by atoms with Crippen LogP contribution in [-0.2, 0) is 27.6 Å². The van der Waals surface area contributed by atoms with Gasteiger partial charge in [-0.25, -0.2) is 0 Å². The Bertz CT molecular complexity index is 933. The van der Waals surface area contributed by atoms with E-state index in [1.165, 1.54) is 6.26 Å². The lowest BCUT2D eigenvalue weighted by Gasteiger charge is -2.56. The molecule has 0 saturated carbocycles. The van der Waals surface area contributed by atoms with Crippen LogP contribution in [0.2, 0.25) is 0 Å². The van der Waals surface area contributed by atoms with Gasteiger partial charge in [0.2, 0.25) is 0 Å². The van der Waals surface area contributed by atoms with Gasteiger partial charge < -0.3 is 14.2 Å². The van der Waals surface area contributed by atoms with Crippen LogP contribution in [0, 0.1) is 0 Å². The molecule has 0 aromatic heterocycles. The van der Waals surface area contributed by atoms with Crippen LogP contribution in [0.5, 0.6) is 5.75 Å². The average Bonchev–Trinajstić information content (AvgIpc) is 2.63. The number of amides is 1. The highest BCUT2D eigenvalue weighted by Crippen LogP contribution is 2.41. The number of fused-ring (bicyclic) bond motifs is 1. The third-order valence-electron chi connectivity index (χ3n) is 5.46. The summed E-state index contributed by atoms with van der Waals surface area (Å²) >= 11 is 0. The maximum Gasteiger partial charge on any atom is 0.254 e. The Morgan fingerprint density at radius 3 is 2.52 bits per heavy atom. The fourth-order valence-corrected chi connectivity index (χ4v) is 5.39. The van der Waals surface area contributed by atoms with Crippen molar-refractivity contribution < 1.29 is 18.3 Å². The van der Waals surface area contributed by atoms with Gasteiger partial charge in [-0.3, -0.25) is 4.79 Å². The molecule has 0 aliphatic carbocycles. The molecule has 2 aliphatic heterocycles. The fraction of sp³-hybridized carbons (Fsp3) is 0.350. The summed E-state index contributed by atoms with van der Waals surface area (Å²) < 4.78 is 31.6. The zero-order chi connectivity index (χ0) is 19.2. The predicted molar refractivity (Wildman–Crippen MR) is 102 cm³/mol. The number of ether oxygens (including phenoxy) is 1. The van der Waals surface area contributed by atoms with Gasteiger partial charge in [-0.2, -0.15) is 0 Å². The van der Waals surface area contributed by atoms with Crippen molar-refractivity contribution in [2.45, 2.75) is 18.5 Å². The first-order chi connectivity index (χ1) is 12.8. The van der Waals surface area contributed by atoms with Gasteiger partial charge in [-0.05, 0) is 35.7 Å². The minimum Gasteiger partial charge on any atom is -0.598 e. The summed E-state index contributed by atoms with van der Waals surface area (Å²) in [5.74, 6) is 0.521. The highest BCUT2D eigenvalue weighted by Gasteiger charge is 2.56. The maximum atomic E-state index is 12.8. The van der Waals surface area contributed by atoms with Crippen molar-refractivity contribution in [1.29, 1.82) is 0 Å². The first-order valence-corrected chi connectivity index (χ1v) is 10.7. The standard InChI is InChI=1S/C20H22N2O4S/c1-26-18-9-5-8-15(10-18)19(23)21-13-20(14-21)11-16-6-3-4-7-17(16)12-22(20)27(2,24)25/h3-10H,11-14H2,1-2H3. The number of carbonyl (C=O) groups is 1. The number of carbonyl (C=O) groups excluding carboxylic acids is 1. The van der Waals surface area contributed by atoms with E-state index in [1.807, 2.05) is 24.3 Å². The van der Waals surface area contributed by atoms with Gasteiger partial charge in [0.1, 0.15) is 27.9 Å². The first-order valence-electron chi connectivity index (χ1n) is 8.80. The van der Waals surface area contributed by atoms with Crippen LogP contribution < -0.4 is 4.74 Å². The summed E-state index contributed by atoms with van der Waals surface area (Å²) in [5.41, 5.74) is 2.18. The van der Waals surface area contributed by atoms with E-state index in [-0.39, 0.29) is 5.91 Å². The van der Waals surface area contributed by atoms with Crippen LogP contribution in [0.15, 0.2) is 48.5 Å². The van der Waals surface area contributed by atoms with Gasteiger partial charge >= 0.3 is 0 Å². The largest absolute Gasteiger partial charge is 0.598 e. The third-order valence-corrected chi connectivity index (χ3v) is 6.77. The SMILES string of the molecule is COc1cccc(C(=O)N2CC3(Cc4ccccc4CN3[S+](C)(=O)[O-])C2)c1. The van der Waals surface area contributed by atoms with E-state index in [1.54, 1.807) is 40.6 Å². The van der Waals surface area contributed by atoms with Gasteiger partial charge in [-0.15, -0.1) is 4.31 Å². The zero-order valence-electron chi connectivity index (χ0n) is 15.4. The van der Waals surface area contributed by atoms with Crippen LogP contribution in [0.25, 0.3) is 0 Å². The predicted octanol–water partition coefficient (Wildman–Crippen LogP) is 2.12. The lowest BCUT2D eigenvalue weighted by atomic mass is 9.78. The Hall–Kier alpha value is -2.22. The lowest BCUT2D eigenvalue weighted by Crippen LogP contribution is -2.74. The smallest absolute Gasteiger partial charge is 0.254 e. The number of rotatable bonds is 3. The molecule has 2 aromatic carbocycles. The molecule has 1 saturated heterocycles. The van der Waals surface area contributed by atoms with Gasteiger partial charge in [0, 0.05) is 18.7 Å². The zero-order valence-corrected chi connectivity index (χ0v) is 16.2. The van der Waals surface area contributed by atoms with Gasteiger partial charge in [0.25, 0.3) is 5.91 Å². The molecular weight excluding hydrogens is 364 g/mol. The maximum absolute atomic E-state index is 12.8. The van der Waals surface area contributed by atoms with Crippen LogP contribution in [-0.4, -0.2) is 51.7 Å². The van der Waals surface area contributed by atoms with Gasteiger partial charge in [-0.1, -0.05) is 34.5 Å². The summed E-state index contributed by atoms with van der Waals surface area (Å²) in [7, 11) is -1.82. The molecule has 2 aliphatic rings. The van der Waals surface area contributed by atoms with Crippen molar-refractivity contribution >= 4 is 16.3 Å². The number of nitrogens with zero attached hydrogens (tertiary/aromatic N) is 2. The fourth-order valence-electron chi connectivity index (χ4n) is 4.13. The van der Waals surface area contributed by atoms with E-state index in [0.717, 1.165) is 11.1 Å². The Balaban J connectivity index is 1.59. The van der Waals surface area contributed by atoms with Gasteiger partial charge in [0.15, 0.2) is 0 Å². The normalized spacial score (nSPS) is 20.5.